The Labute approximate surface area is 145 Å². The van der Waals surface area contributed by atoms with Crippen LogP contribution in [0.4, 0.5) is 5.69 Å². The van der Waals surface area contributed by atoms with Gasteiger partial charge in [-0.25, -0.2) is 0 Å². The minimum atomic E-state index is -0.392. The Bertz CT molecular complexity index is 778. The molecule has 2 heterocycles. The molecule has 25 heavy (non-hydrogen) atoms. The molecule has 7 heteroatoms. The molecule has 1 aliphatic heterocycles. The molecule has 0 aliphatic carbocycles. The van der Waals surface area contributed by atoms with E-state index in [1.54, 1.807) is 36.1 Å². The molecule has 0 bridgehead atoms. The molecule has 3 rings (SSSR count). The summed E-state index contributed by atoms with van der Waals surface area (Å²) in [5.41, 5.74) is 1.63. The van der Waals surface area contributed by atoms with E-state index in [0.29, 0.717) is 43.3 Å². The van der Waals surface area contributed by atoms with E-state index in [0.717, 1.165) is 5.56 Å². The van der Waals surface area contributed by atoms with Crippen LogP contribution in [0.2, 0.25) is 0 Å². The van der Waals surface area contributed by atoms with Gasteiger partial charge in [0.2, 0.25) is 0 Å². The lowest BCUT2D eigenvalue weighted by molar-refractivity contribution is 0.0303. The third-order valence-corrected chi connectivity index (χ3v) is 4.06. The van der Waals surface area contributed by atoms with Crippen LogP contribution in [0.25, 0.3) is 0 Å². The zero-order valence-electron chi connectivity index (χ0n) is 14.2. The molecule has 7 nitrogen and oxygen atoms in total. The maximum atomic E-state index is 12.6. The van der Waals surface area contributed by atoms with Crippen LogP contribution < -0.4 is 10.1 Å². The number of hydrogen-bond acceptors (Lipinski definition) is 5. The number of amides is 2. The van der Waals surface area contributed by atoms with Crippen molar-refractivity contribution in [2.75, 3.05) is 38.7 Å². The first-order valence-corrected chi connectivity index (χ1v) is 8.00. The van der Waals surface area contributed by atoms with E-state index in [2.05, 4.69) is 5.32 Å². The third-order valence-electron chi connectivity index (χ3n) is 4.06. The van der Waals surface area contributed by atoms with Gasteiger partial charge in [-0.3, -0.25) is 9.59 Å². The summed E-state index contributed by atoms with van der Waals surface area (Å²) < 4.78 is 15.8. The Kier molecular flexibility index (Phi) is 5.04. The number of carbonyl (C=O) groups is 2. The fourth-order valence-corrected chi connectivity index (χ4v) is 2.67. The summed E-state index contributed by atoms with van der Waals surface area (Å²) in [5.74, 6) is 0.204. The van der Waals surface area contributed by atoms with Crippen molar-refractivity contribution >= 4 is 17.5 Å². The van der Waals surface area contributed by atoms with Crippen molar-refractivity contribution in [1.82, 2.24) is 4.90 Å². The molecule has 0 unspecified atom stereocenters. The number of carbonyl (C=O) groups excluding carboxylic acids is 2. The van der Waals surface area contributed by atoms with Crippen LogP contribution in [0.1, 0.15) is 26.5 Å². The summed E-state index contributed by atoms with van der Waals surface area (Å²) in [6.07, 6.45) is 1.46. The van der Waals surface area contributed by atoms with Crippen molar-refractivity contribution in [3.05, 3.63) is 47.4 Å². The van der Waals surface area contributed by atoms with Gasteiger partial charge in [0.1, 0.15) is 5.75 Å². The fourth-order valence-electron chi connectivity index (χ4n) is 2.67. The van der Waals surface area contributed by atoms with Gasteiger partial charge in [-0.2, -0.15) is 0 Å². The van der Waals surface area contributed by atoms with Crippen LogP contribution in [0.15, 0.2) is 34.9 Å². The number of morpholine rings is 1. The molecule has 0 atom stereocenters. The maximum Gasteiger partial charge on any atom is 0.291 e. The molecule has 1 aliphatic rings. The minimum Gasteiger partial charge on any atom is -0.495 e. The highest BCUT2D eigenvalue weighted by atomic mass is 16.5. The van der Waals surface area contributed by atoms with E-state index < -0.39 is 5.91 Å². The van der Waals surface area contributed by atoms with Crippen molar-refractivity contribution in [1.29, 1.82) is 0 Å². The average molecular weight is 344 g/mol. The van der Waals surface area contributed by atoms with Crippen LogP contribution in [0.5, 0.6) is 5.75 Å². The number of furan rings is 1. The van der Waals surface area contributed by atoms with Crippen LogP contribution in [-0.4, -0.2) is 50.1 Å². The summed E-state index contributed by atoms with van der Waals surface area (Å²) in [6, 6.07) is 6.68. The van der Waals surface area contributed by atoms with E-state index in [-0.39, 0.29) is 11.7 Å². The number of hydrogen-bond donors (Lipinski definition) is 1. The predicted octanol–water partition coefficient (Wildman–Crippen LogP) is 2.32. The first-order chi connectivity index (χ1) is 12.1. The molecule has 0 radical (unpaired) electrons. The second kappa shape index (κ2) is 7.40. The number of methoxy groups -OCH3 is 1. The summed E-state index contributed by atoms with van der Waals surface area (Å²) in [7, 11) is 1.51. The van der Waals surface area contributed by atoms with E-state index in [4.69, 9.17) is 13.9 Å². The minimum absolute atomic E-state index is 0.101. The number of nitrogens with one attached hydrogen (secondary N) is 1. The van der Waals surface area contributed by atoms with Gasteiger partial charge >= 0.3 is 0 Å². The Balaban J connectivity index is 1.83. The van der Waals surface area contributed by atoms with Gasteiger partial charge in [0, 0.05) is 24.2 Å². The normalized spacial score (nSPS) is 14.2. The number of benzene rings is 1. The molecule has 0 saturated carbocycles. The lowest BCUT2D eigenvalue weighted by Crippen LogP contribution is -2.40. The average Bonchev–Trinajstić information content (AvgIpc) is 3.08. The van der Waals surface area contributed by atoms with Crippen LogP contribution in [0.3, 0.4) is 0 Å². The smallest absolute Gasteiger partial charge is 0.291 e. The Morgan fingerprint density at radius 2 is 1.96 bits per heavy atom. The fraction of sp³-hybridized carbons (Fsp3) is 0.333. The van der Waals surface area contributed by atoms with E-state index >= 15 is 0 Å². The van der Waals surface area contributed by atoms with Crippen molar-refractivity contribution in [3.8, 4) is 5.75 Å². The first kappa shape index (κ1) is 17.0. The van der Waals surface area contributed by atoms with Gasteiger partial charge in [0.25, 0.3) is 11.8 Å². The van der Waals surface area contributed by atoms with Crippen LogP contribution in [0, 0.1) is 6.92 Å². The zero-order chi connectivity index (χ0) is 17.8. The van der Waals surface area contributed by atoms with Crippen molar-refractivity contribution in [2.45, 2.75) is 6.92 Å². The molecule has 2 amide bonds. The second-order valence-electron chi connectivity index (χ2n) is 5.71. The quantitative estimate of drug-likeness (QED) is 0.921. The summed E-state index contributed by atoms with van der Waals surface area (Å²) >= 11 is 0. The summed E-state index contributed by atoms with van der Waals surface area (Å²) in [4.78, 5) is 26.7. The predicted molar refractivity (Wildman–Crippen MR) is 91.1 cm³/mol. The summed E-state index contributed by atoms with van der Waals surface area (Å²) in [6.45, 7) is 3.96. The van der Waals surface area contributed by atoms with Crippen LogP contribution >= 0.6 is 0 Å². The Morgan fingerprint density at radius 1 is 1.20 bits per heavy atom. The standard InChI is InChI=1S/C18H20N2O5/c1-12-5-8-25-16(12)17(21)19-14-11-13(3-4-15(14)23-2)18(22)20-6-9-24-10-7-20/h3-5,8,11H,6-7,9-10H2,1-2H3,(H,19,21). The van der Waals surface area contributed by atoms with E-state index in [9.17, 15) is 9.59 Å². The van der Waals surface area contributed by atoms with Crippen LogP contribution in [-0.2, 0) is 4.74 Å². The van der Waals surface area contributed by atoms with Gasteiger partial charge < -0.3 is 24.1 Å². The summed E-state index contributed by atoms with van der Waals surface area (Å²) in [5, 5.41) is 2.75. The van der Waals surface area contributed by atoms with Gasteiger partial charge in [0.05, 0.1) is 32.3 Å². The molecule has 1 N–H and O–H groups in total. The van der Waals surface area contributed by atoms with E-state index in [1.807, 2.05) is 0 Å². The topological polar surface area (TPSA) is 81.0 Å². The Morgan fingerprint density at radius 3 is 2.60 bits per heavy atom. The number of aryl methyl sites for hydroxylation is 1. The lowest BCUT2D eigenvalue weighted by atomic mass is 10.1. The molecule has 0 spiro atoms. The largest absolute Gasteiger partial charge is 0.495 e. The van der Waals surface area contributed by atoms with Crippen molar-refractivity contribution < 1.29 is 23.5 Å². The van der Waals surface area contributed by atoms with E-state index in [1.165, 1.54) is 13.4 Å². The van der Waals surface area contributed by atoms with Gasteiger partial charge in [0.15, 0.2) is 5.76 Å². The second-order valence-corrected chi connectivity index (χ2v) is 5.71. The lowest BCUT2D eigenvalue weighted by Gasteiger charge is -2.27. The number of nitrogens with zero attached hydrogens (tertiary/aromatic N) is 1. The molecule has 2 aromatic rings. The van der Waals surface area contributed by atoms with Gasteiger partial charge in [-0.05, 0) is 31.2 Å². The molecule has 1 aromatic carbocycles. The first-order valence-electron chi connectivity index (χ1n) is 8.00. The highest BCUT2D eigenvalue weighted by Gasteiger charge is 2.21. The maximum absolute atomic E-state index is 12.6. The molecular formula is C18H20N2O5. The highest BCUT2D eigenvalue weighted by molar-refractivity contribution is 6.05. The van der Waals surface area contributed by atoms with Crippen molar-refractivity contribution in [2.24, 2.45) is 0 Å². The molecular weight excluding hydrogens is 324 g/mol. The molecule has 132 valence electrons. The monoisotopic (exact) mass is 344 g/mol. The molecule has 1 saturated heterocycles. The Hall–Kier alpha value is -2.80. The third kappa shape index (κ3) is 3.66. The molecule has 1 fully saturated rings. The SMILES string of the molecule is COc1ccc(C(=O)N2CCOCC2)cc1NC(=O)c1occc1C. The molecule has 1 aromatic heterocycles. The number of anilines is 1. The van der Waals surface area contributed by atoms with Gasteiger partial charge in [-0.15, -0.1) is 0 Å². The van der Waals surface area contributed by atoms with Gasteiger partial charge in [-0.1, -0.05) is 0 Å². The zero-order valence-corrected chi connectivity index (χ0v) is 14.2. The highest BCUT2D eigenvalue weighted by Crippen LogP contribution is 2.27. The number of rotatable bonds is 4. The number of ether oxygens (including phenoxy) is 2. The van der Waals surface area contributed by atoms with Crippen molar-refractivity contribution in [3.63, 3.8) is 0 Å².